The molecule has 0 saturated carbocycles. The number of ether oxygens (including phenoxy) is 1. The van der Waals surface area contributed by atoms with Crippen LogP contribution >= 0.6 is 0 Å². The van der Waals surface area contributed by atoms with Crippen molar-refractivity contribution in [2.75, 3.05) is 5.32 Å². The van der Waals surface area contributed by atoms with Gasteiger partial charge in [0.15, 0.2) is 0 Å². The zero-order chi connectivity index (χ0) is 23.3. The first-order chi connectivity index (χ1) is 16.0. The maximum Gasteiger partial charge on any atom is 0.255 e. The van der Waals surface area contributed by atoms with Gasteiger partial charge in [-0.25, -0.2) is 0 Å². The zero-order valence-corrected chi connectivity index (χ0v) is 18.5. The lowest BCUT2D eigenvalue weighted by Crippen LogP contribution is -2.51. The fourth-order valence-corrected chi connectivity index (χ4v) is 4.09. The minimum Gasteiger partial charge on any atom is -0.489 e. The van der Waals surface area contributed by atoms with Crippen LogP contribution in [-0.4, -0.2) is 17.7 Å². The van der Waals surface area contributed by atoms with E-state index in [0.29, 0.717) is 42.9 Å². The highest BCUT2D eigenvalue weighted by atomic mass is 16.5. The molecule has 6 nitrogen and oxygen atoms in total. The van der Waals surface area contributed by atoms with E-state index in [-0.39, 0.29) is 17.7 Å². The second-order valence-electron chi connectivity index (χ2n) is 8.14. The lowest BCUT2D eigenvalue weighted by atomic mass is 9.72. The van der Waals surface area contributed by atoms with Crippen LogP contribution in [0.3, 0.4) is 0 Å². The molecule has 3 aromatic carbocycles. The van der Waals surface area contributed by atoms with E-state index in [4.69, 9.17) is 4.74 Å². The van der Waals surface area contributed by atoms with Crippen molar-refractivity contribution in [1.82, 2.24) is 5.32 Å². The molecule has 1 fully saturated rings. The summed E-state index contributed by atoms with van der Waals surface area (Å²) >= 11 is 0. The Labute approximate surface area is 193 Å². The number of nitrogens with one attached hydrogen (secondary N) is 2. The molecule has 1 heterocycles. The number of carbonyl (C=O) groups is 3. The number of rotatable bonds is 7. The van der Waals surface area contributed by atoms with E-state index < -0.39 is 5.41 Å². The van der Waals surface area contributed by atoms with E-state index in [1.54, 1.807) is 36.4 Å². The van der Waals surface area contributed by atoms with Gasteiger partial charge in [0, 0.05) is 17.7 Å². The lowest BCUT2D eigenvalue weighted by Gasteiger charge is -2.35. The summed E-state index contributed by atoms with van der Waals surface area (Å²) in [7, 11) is 0. The van der Waals surface area contributed by atoms with E-state index in [2.05, 4.69) is 10.6 Å². The Morgan fingerprint density at radius 3 is 2.30 bits per heavy atom. The second kappa shape index (κ2) is 9.69. The number of amides is 3. The van der Waals surface area contributed by atoms with Gasteiger partial charge in [0.1, 0.15) is 12.4 Å². The fraction of sp³-hybridized carbons (Fsp3) is 0.222. The molecular weight excluding hydrogens is 416 g/mol. The molecular formula is C27H26N2O4. The predicted molar refractivity (Wildman–Crippen MR) is 126 cm³/mol. The van der Waals surface area contributed by atoms with Crippen LogP contribution in [0.15, 0.2) is 78.9 Å². The molecule has 1 unspecified atom stereocenters. The van der Waals surface area contributed by atoms with Crippen molar-refractivity contribution < 1.29 is 19.1 Å². The molecule has 0 bridgehead atoms. The van der Waals surface area contributed by atoms with Crippen LogP contribution in [0.2, 0.25) is 0 Å². The summed E-state index contributed by atoms with van der Waals surface area (Å²) in [6.07, 6.45) is 1.40. The van der Waals surface area contributed by atoms with E-state index in [1.807, 2.05) is 49.4 Å². The molecule has 1 aliphatic rings. The van der Waals surface area contributed by atoms with Gasteiger partial charge in [0.05, 0.1) is 5.41 Å². The van der Waals surface area contributed by atoms with Gasteiger partial charge in [-0.2, -0.15) is 0 Å². The molecule has 0 aromatic heterocycles. The van der Waals surface area contributed by atoms with Crippen LogP contribution in [0.5, 0.6) is 5.75 Å². The molecule has 1 saturated heterocycles. The van der Waals surface area contributed by atoms with Crippen LogP contribution in [0.25, 0.3) is 0 Å². The Morgan fingerprint density at radius 2 is 1.67 bits per heavy atom. The van der Waals surface area contributed by atoms with Gasteiger partial charge < -0.3 is 10.1 Å². The predicted octanol–water partition coefficient (Wildman–Crippen LogP) is 4.60. The Kier molecular flexibility index (Phi) is 6.54. The highest BCUT2D eigenvalue weighted by Gasteiger charge is 2.42. The van der Waals surface area contributed by atoms with Crippen molar-refractivity contribution >= 4 is 23.4 Å². The van der Waals surface area contributed by atoms with Crippen LogP contribution in [0, 0.1) is 0 Å². The largest absolute Gasteiger partial charge is 0.489 e. The van der Waals surface area contributed by atoms with E-state index in [9.17, 15) is 14.4 Å². The molecule has 0 spiro atoms. The Hall–Kier alpha value is -3.93. The average molecular weight is 443 g/mol. The van der Waals surface area contributed by atoms with Gasteiger partial charge in [-0.05, 0) is 60.4 Å². The molecule has 3 aromatic rings. The molecule has 168 valence electrons. The van der Waals surface area contributed by atoms with Gasteiger partial charge in [-0.3, -0.25) is 19.7 Å². The Morgan fingerprint density at radius 1 is 0.970 bits per heavy atom. The number of hydrogen-bond acceptors (Lipinski definition) is 4. The number of anilines is 1. The third kappa shape index (κ3) is 4.95. The SMILES string of the molecule is CCC1(c2ccc(NC(=O)c3ccc(OCc4ccccc4)cc3)cc2)CCC(=O)NC1=O. The van der Waals surface area contributed by atoms with E-state index in [0.717, 1.165) is 11.1 Å². The lowest BCUT2D eigenvalue weighted by molar-refractivity contribution is -0.138. The summed E-state index contributed by atoms with van der Waals surface area (Å²) in [6, 6.07) is 24.1. The van der Waals surface area contributed by atoms with Crippen molar-refractivity contribution in [3.63, 3.8) is 0 Å². The summed E-state index contributed by atoms with van der Waals surface area (Å²) in [5.74, 6) is -0.0329. The number of imide groups is 1. The summed E-state index contributed by atoms with van der Waals surface area (Å²) < 4.78 is 5.77. The van der Waals surface area contributed by atoms with Gasteiger partial charge in [-0.1, -0.05) is 49.4 Å². The summed E-state index contributed by atoms with van der Waals surface area (Å²) in [6.45, 7) is 2.41. The smallest absolute Gasteiger partial charge is 0.255 e. The van der Waals surface area contributed by atoms with E-state index >= 15 is 0 Å². The van der Waals surface area contributed by atoms with Crippen molar-refractivity contribution in [2.45, 2.75) is 38.2 Å². The maximum atomic E-state index is 12.6. The standard InChI is InChI=1S/C27H26N2O4/c1-2-27(17-16-24(30)29-26(27)32)21-10-12-22(13-11-21)28-25(31)20-8-14-23(15-9-20)33-18-19-6-4-3-5-7-19/h3-15H,2,16-18H2,1H3,(H,28,31)(H,29,30,32). The number of benzene rings is 3. The maximum absolute atomic E-state index is 12.6. The first kappa shape index (κ1) is 22.3. The highest BCUT2D eigenvalue weighted by molar-refractivity contribution is 6.05. The number of carbonyl (C=O) groups excluding carboxylic acids is 3. The molecule has 0 radical (unpaired) electrons. The molecule has 1 atom stereocenters. The molecule has 33 heavy (non-hydrogen) atoms. The third-order valence-electron chi connectivity index (χ3n) is 6.13. The van der Waals surface area contributed by atoms with Crippen molar-refractivity contribution in [3.8, 4) is 5.75 Å². The zero-order valence-electron chi connectivity index (χ0n) is 18.5. The van der Waals surface area contributed by atoms with Crippen molar-refractivity contribution in [2.24, 2.45) is 0 Å². The molecule has 1 aliphatic heterocycles. The fourth-order valence-electron chi connectivity index (χ4n) is 4.09. The minimum absolute atomic E-state index is 0.232. The average Bonchev–Trinajstić information content (AvgIpc) is 2.85. The third-order valence-corrected chi connectivity index (χ3v) is 6.13. The van der Waals surface area contributed by atoms with Crippen LogP contribution in [-0.2, 0) is 21.6 Å². The van der Waals surface area contributed by atoms with Crippen LogP contribution < -0.4 is 15.4 Å². The molecule has 2 N–H and O–H groups in total. The summed E-state index contributed by atoms with van der Waals surface area (Å²) in [5.41, 5.74) is 2.34. The van der Waals surface area contributed by atoms with Crippen LogP contribution in [0.4, 0.5) is 5.69 Å². The first-order valence-corrected chi connectivity index (χ1v) is 11.0. The second-order valence-corrected chi connectivity index (χ2v) is 8.14. The monoisotopic (exact) mass is 442 g/mol. The Bertz CT molecular complexity index is 1140. The topological polar surface area (TPSA) is 84.5 Å². The van der Waals surface area contributed by atoms with Gasteiger partial charge in [-0.15, -0.1) is 0 Å². The molecule has 3 amide bonds. The van der Waals surface area contributed by atoms with Crippen molar-refractivity contribution in [3.05, 3.63) is 95.6 Å². The molecule has 6 heteroatoms. The summed E-state index contributed by atoms with van der Waals surface area (Å²) in [4.78, 5) is 36.7. The quantitative estimate of drug-likeness (QED) is 0.524. The molecule has 0 aliphatic carbocycles. The van der Waals surface area contributed by atoms with Crippen molar-refractivity contribution in [1.29, 1.82) is 0 Å². The normalized spacial score (nSPS) is 17.8. The van der Waals surface area contributed by atoms with Gasteiger partial charge in [0.2, 0.25) is 11.8 Å². The number of piperidine rings is 1. The number of hydrogen-bond donors (Lipinski definition) is 2. The highest BCUT2D eigenvalue weighted by Crippen LogP contribution is 2.36. The van der Waals surface area contributed by atoms with Gasteiger partial charge >= 0.3 is 0 Å². The van der Waals surface area contributed by atoms with Crippen LogP contribution in [0.1, 0.15) is 47.7 Å². The van der Waals surface area contributed by atoms with E-state index in [1.165, 1.54) is 0 Å². The van der Waals surface area contributed by atoms with Gasteiger partial charge in [0.25, 0.3) is 5.91 Å². The Balaban J connectivity index is 1.38. The molecule has 4 rings (SSSR count). The minimum atomic E-state index is -0.716. The summed E-state index contributed by atoms with van der Waals surface area (Å²) in [5, 5.41) is 5.33. The first-order valence-electron chi connectivity index (χ1n) is 11.0.